The molecule has 0 fully saturated rings. The largest absolute Gasteiger partial charge is 0.618 e. The summed E-state index contributed by atoms with van der Waals surface area (Å²) in [5.41, 5.74) is 1.98. The molecule has 0 atom stereocenters. The zero-order valence-corrected chi connectivity index (χ0v) is 17.7. The van der Waals surface area contributed by atoms with E-state index in [0.717, 1.165) is 40.7 Å². The van der Waals surface area contributed by atoms with Gasteiger partial charge in [-0.05, 0) is 39.7 Å². The normalized spacial score (nSPS) is 11.9. The number of unbranched alkanes of at least 4 members (excludes halogenated alkanes) is 1. The van der Waals surface area contributed by atoms with Crippen molar-refractivity contribution < 1.29 is 14.3 Å². The Bertz CT molecular complexity index is 1000. The van der Waals surface area contributed by atoms with Gasteiger partial charge in [0.2, 0.25) is 11.7 Å². The molecule has 29 heavy (non-hydrogen) atoms. The Morgan fingerprint density at radius 1 is 1.28 bits per heavy atom. The number of nitrogens with zero attached hydrogens (tertiary/aromatic N) is 3. The number of carbonyl (C=O) groups is 1. The molecule has 0 bridgehead atoms. The molecular formula is C22H30N4O3. The van der Waals surface area contributed by atoms with Gasteiger partial charge in [0.1, 0.15) is 5.82 Å². The topological polar surface area (TPSA) is 83.1 Å². The van der Waals surface area contributed by atoms with E-state index in [1.807, 2.05) is 45.0 Å². The number of nitrogens with one attached hydrogen (secondary N) is 1. The van der Waals surface area contributed by atoms with Crippen LogP contribution in [0.2, 0.25) is 0 Å². The lowest BCUT2D eigenvalue weighted by Gasteiger charge is -2.20. The van der Waals surface area contributed by atoms with Crippen molar-refractivity contribution in [1.29, 1.82) is 0 Å². The van der Waals surface area contributed by atoms with Gasteiger partial charge in [-0.15, -0.1) is 0 Å². The first-order valence-electron chi connectivity index (χ1n) is 10.2. The van der Waals surface area contributed by atoms with Gasteiger partial charge in [-0.1, -0.05) is 25.5 Å². The first-order chi connectivity index (χ1) is 13.8. The summed E-state index contributed by atoms with van der Waals surface area (Å²) in [6, 6.07) is 7.58. The van der Waals surface area contributed by atoms with E-state index in [1.165, 1.54) is 0 Å². The van der Waals surface area contributed by atoms with Gasteiger partial charge in [-0.25, -0.2) is 9.78 Å². The Morgan fingerprint density at radius 2 is 2.03 bits per heavy atom. The summed E-state index contributed by atoms with van der Waals surface area (Å²) in [6.45, 7) is 8.89. The molecule has 3 rings (SSSR count). The minimum Gasteiger partial charge on any atom is -0.618 e. The molecule has 7 nitrogen and oxygen atoms in total. The molecule has 0 saturated carbocycles. The highest BCUT2D eigenvalue weighted by Crippen LogP contribution is 2.25. The molecule has 0 aliphatic carbocycles. The van der Waals surface area contributed by atoms with E-state index in [4.69, 9.17) is 9.72 Å². The zero-order chi connectivity index (χ0) is 21.0. The maximum Gasteiger partial charge on any atom is 0.407 e. The van der Waals surface area contributed by atoms with Crippen molar-refractivity contribution in [1.82, 2.24) is 14.9 Å². The van der Waals surface area contributed by atoms with Crippen LogP contribution in [0.1, 0.15) is 52.8 Å². The van der Waals surface area contributed by atoms with E-state index in [0.29, 0.717) is 30.6 Å². The predicted octanol–water partition coefficient (Wildman–Crippen LogP) is 4.08. The number of amides is 1. The number of rotatable bonds is 7. The number of hydrogen-bond donors (Lipinski definition) is 1. The van der Waals surface area contributed by atoms with Gasteiger partial charge >= 0.3 is 6.09 Å². The van der Waals surface area contributed by atoms with E-state index in [9.17, 15) is 10.0 Å². The summed E-state index contributed by atoms with van der Waals surface area (Å²) in [7, 11) is 0. The molecule has 1 amide bonds. The summed E-state index contributed by atoms with van der Waals surface area (Å²) >= 11 is 0. The fourth-order valence-electron chi connectivity index (χ4n) is 3.44. The average molecular weight is 399 g/mol. The number of ether oxygens (including phenoxy) is 1. The molecule has 2 heterocycles. The molecule has 156 valence electrons. The second kappa shape index (κ2) is 8.68. The average Bonchev–Trinajstić information content (AvgIpc) is 2.99. The van der Waals surface area contributed by atoms with E-state index >= 15 is 0 Å². The summed E-state index contributed by atoms with van der Waals surface area (Å²) in [5.74, 6) is 0.970. The highest BCUT2D eigenvalue weighted by atomic mass is 16.5. The van der Waals surface area contributed by atoms with E-state index in [2.05, 4.69) is 16.8 Å². The van der Waals surface area contributed by atoms with Crippen LogP contribution in [-0.2, 0) is 17.7 Å². The van der Waals surface area contributed by atoms with Crippen LogP contribution in [0.15, 0.2) is 30.5 Å². The molecule has 2 aromatic heterocycles. The smallest absolute Gasteiger partial charge is 0.407 e. The second-order valence-electron chi connectivity index (χ2n) is 8.35. The van der Waals surface area contributed by atoms with Crippen LogP contribution >= 0.6 is 0 Å². The molecule has 0 saturated heterocycles. The number of pyridine rings is 1. The number of carbonyl (C=O) groups excluding carboxylic acids is 1. The lowest BCUT2D eigenvalue weighted by Crippen LogP contribution is -2.41. The molecule has 7 heteroatoms. The zero-order valence-electron chi connectivity index (χ0n) is 17.7. The quantitative estimate of drug-likeness (QED) is 0.369. The van der Waals surface area contributed by atoms with Crippen molar-refractivity contribution in [2.45, 2.75) is 65.5 Å². The van der Waals surface area contributed by atoms with Gasteiger partial charge in [0, 0.05) is 24.6 Å². The van der Waals surface area contributed by atoms with Crippen molar-refractivity contribution in [3.63, 3.8) is 0 Å². The standard InChI is InChI=1S/C22H30N4O3/c1-5-6-12-19-23-17-15-26(28)18-11-8-7-10-16(18)20(17)25(19)13-9-14-29-21(27)24-22(2,3)4/h7-8,10-11,15H,5-6,9,12-14H2,1-4H3,(H,24,27). The third-order valence-corrected chi connectivity index (χ3v) is 4.70. The maximum absolute atomic E-state index is 12.4. The van der Waals surface area contributed by atoms with Crippen molar-refractivity contribution in [3.8, 4) is 0 Å². The molecule has 1 aromatic carbocycles. The van der Waals surface area contributed by atoms with E-state index < -0.39 is 6.09 Å². The molecule has 0 unspecified atom stereocenters. The molecule has 0 aliphatic rings. The summed E-state index contributed by atoms with van der Waals surface area (Å²) in [4.78, 5) is 16.6. The van der Waals surface area contributed by atoms with Gasteiger partial charge in [0.15, 0.2) is 5.52 Å². The van der Waals surface area contributed by atoms with Gasteiger partial charge in [-0.3, -0.25) is 0 Å². The van der Waals surface area contributed by atoms with Crippen LogP contribution in [0.3, 0.4) is 0 Å². The third kappa shape index (κ3) is 4.96. The SMILES string of the molecule is CCCCc1nc2c[n+]([O-])c3ccccc3c2n1CCCOC(=O)NC(C)(C)C. The number of fused-ring (bicyclic) bond motifs is 3. The van der Waals surface area contributed by atoms with Crippen molar-refractivity contribution in [2.75, 3.05) is 6.61 Å². The fourth-order valence-corrected chi connectivity index (χ4v) is 3.44. The second-order valence-corrected chi connectivity index (χ2v) is 8.35. The maximum atomic E-state index is 12.4. The van der Waals surface area contributed by atoms with Crippen LogP contribution < -0.4 is 10.0 Å². The monoisotopic (exact) mass is 398 g/mol. The van der Waals surface area contributed by atoms with Crippen LogP contribution in [0, 0.1) is 5.21 Å². The van der Waals surface area contributed by atoms with Gasteiger partial charge in [-0.2, -0.15) is 4.73 Å². The highest BCUT2D eigenvalue weighted by Gasteiger charge is 2.18. The molecule has 0 spiro atoms. The van der Waals surface area contributed by atoms with Crippen LogP contribution in [0.5, 0.6) is 0 Å². The lowest BCUT2D eigenvalue weighted by atomic mass is 10.1. The van der Waals surface area contributed by atoms with Crippen molar-refractivity contribution in [3.05, 3.63) is 41.5 Å². The van der Waals surface area contributed by atoms with Gasteiger partial charge < -0.3 is 19.8 Å². The Labute approximate surface area is 171 Å². The number of imidazole rings is 1. The fraction of sp³-hybridized carbons (Fsp3) is 0.500. The van der Waals surface area contributed by atoms with Crippen molar-refractivity contribution in [2.24, 2.45) is 0 Å². The molecular weight excluding hydrogens is 368 g/mol. The number of benzene rings is 1. The Balaban J connectivity index is 1.85. The summed E-state index contributed by atoms with van der Waals surface area (Å²) < 4.78 is 8.38. The van der Waals surface area contributed by atoms with Gasteiger partial charge in [0.05, 0.1) is 17.5 Å². The molecule has 1 N–H and O–H groups in total. The van der Waals surface area contributed by atoms with E-state index in [1.54, 1.807) is 6.20 Å². The molecule has 0 radical (unpaired) electrons. The highest BCUT2D eigenvalue weighted by molar-refractivity contribution is 6.00. The van der Waals surface area contributed by atoms with E-state index in [-0.39, 0.29) is 5.54 Å². The number of alkyl carbamates (subject to hydrolysis) is 1. The predicted molar refractivity (Wildman–Crippen MR) is 114 cm³/mol. The number of hydrogen-bond acceptors (Lipinski definition) is 4. The Hall–Kier alpha value is -2.83. The Morgan fingerprint density at radius 3 is 2.76 bits per heavy atom. The van der Waals surface area contributed by atoms with Crippen LogP contribution in [0.25, 0.3) is 21.9 Å². The molecule has 3 aromatic rings. The Kier molecular flexibility index (Phi) is 6.25. The number of aryl methyl sites for hydroxylation is 2. The third-order valence-electron chi connectivity index (χ3n) is 4.70. The lowest BCUT2D eigenvalue weighted by molar-refractivity contribution is -0.575. The summed E-state index contributed by atoms with van der Waals surface area (Å²) in [6.07, 6.45) is 4.77. The molecule has 0 aliphatic heterocycles. The van der Waals surface area contributed by atoms with Crippen LogP contribution in [0.4, 0.5) is 4.79 Å². The minimum atomic E-state index is -0.406. The van der Waals surface area contributed by atoms with Crippen molar-refractivity contribution >= 4 is 28.0 Å². The number of aromatic nitrogens is 3. The first-order valence-corrected chi connectivity index (χ1v) is 10.2. The minimum absolute atomic E-state index is 0.321. The number of para-hydroxylation sites is 1. The van der Waals surface area contributed by atoms with Crippen LogP contribution in [-0.4, -0.2) is 27.8 Å². The summed E-state index contributed by atoms with van der Waals surface area (Å²) in [5, 5.41) is 16.1. The van der Waals surface area contributed by atoms with Gasteiger partial charge in [0.25, 0.3) is 0 Å². The first kappa shape index (κ1) is 20.9.